The van der Waals surface area contributed by atoms with Crippen molar-refractivity contribution in [3.05, 3.63) is 35.9 Å². The summed E-state index contributed by atoms with van der Waals surface area (Å²) in [6.45, 7) is 1.90. The van der Waals surface area contributed by atoms with Gasteiger partial charge in [-0.3, -0.25) is 0 Å². The lowest BCUT2D eigenvalue weighted by Gasteiger charge is -2.20. The van der Waals surface area contributed by atoms with Crippen LogP contribution in [0, 0.1) is 0 Å². The maximum absolute atomic E-state index is 11.6. The van der Waals surface area contributed by atoms with Gasteiger partial charge in [0, 0.05) is 20.0 Å². The first-order chi connectivity index (χ1) is 8.02. The molecule has 0 spiro atoms. The molecule has 0 aromatic heterocycles. The Morgan fingerprint density at radius 2 is 1.94 bits per heavy atom. The molecule has 0 aliphatic heterocycles. The lowest BCUT2D eigenvalue weighted by Crippen LogP contribution is -2.42. The maximum Gasteiger partial charge on any atom is 0.343 e. The van der Waals surface area contributed by atoms with Gasteiger partial charge < -0.3 is 10.6 Å². The van der Waals surface area contributed by atoms with Crippen LogP contribution in [0.15, 0.2) is 30.3 Å². The van der Waals surface area contributed by atoms with E-state index in [1.165, 1.54) is 5.01 Å². The third-order valence-corrected chi connectivity index (χ3v) is 2.47. The van der Waals surface area contributed by atoms with Crippen molar-refractivity contribution in [2.75, 3.05) is 14.1 Å². The van der Waals surface area contributed by atoms with Crippen molar-refractivity contribution in [1.82, 2.24) is 10.6 Å². The molecule has 0 heterocycles. The van der Waals surface area contributed by atoms with E-state index in [1.807, 2.05) is 37.3 Å². The van der Waals surface area contributed by atoms with Crippen LogP contribution >= 0.6 is 0 Å². The van der Waals surface area contributed by atoms with Crippen LogP contribution < -0.4 is 11.3 Å². The van der Waals surface area contributed by atoms with E-state index in [4.69, 9.17) is 10.6 Å². The molecule has 0 saturated carbocycles. The second kappa shape index (κ2) is 6.34. The van der Waals surface area contributed by atoms with Gasteiger partial charge in [0.25, 0.3) is 0 Å². The highest BCUT2D eigenvalue weighted by molar-refractivity contribution is 5.76. The molecule has 0 amide bonds. The number of rotatable bonds is 5. The molecule has 1 unspecified atom stereocenters. The van der Waals surface area contributed by atoms with Crippen LogP contribution in [0.2, 0.25) is 0 Å². The van der Waals surface area contributed by atoms with Crippen molar-refractivity contribution in [3.63, 3.8) is 0 Å². The number of hydrazine groups is 1. The van der Waals surface area contributed by atoms with Crippen LogP contribution in [0.4, 0.5) is 0 Å². The summed E-state index contributed by atoms with van der Waals surface area (Å²) >= 11 is 0. The molecular formula is C12H19N3O2. The van der Waals surface area contributed by atoms with E-state index < -0.39 is 12.0 Å². The Bertz CT molecular complexity index is 354. The van der Waals surface area contributed by atoms with Crippen LogP contribution in [0.1, 0.15) is 18.4 Å². The first-order valence-electron chi connectivity index (χ1n) is 5.46. The SMILES string of the molecule is CC(c1ccccc1)[C@@H](N)C(=O)ONN(C)C. The second-order valence-electron chi connectivity index (χ2n) is 4.13. The summed E-state index contributed by atoms with van der Waals surface area (Å²) in [4.78, 5) is 16.4. The minimum absolute atomic E-state index is 0.0901. The van der Waals surface area contributed by atoms with Gasteiger partial charge >= 0.3 is 5.97 Å². The maximum atomic E-state index is 11.6. The number of carbonyl (C=O) groups excluding carboxylic acids is 1. The molecule has 1 aromatic carbocycles. The largest absolute Gasteiger partial charge is 0.354 e. The fourth-order valence-corrected chi connectivity index (χ4v) is 1.37. The number of hydrogen-bond acceptors (Lipinski definition) is 5. The van der Waals surface area contributed by atoms with Gasteiger partial charge in [0.05, 0.1) is 0 Å². The molecule has 0 bridgehead atoms. The highest BCUT2D eigenvalue weighted by Crippen LogP contribution is 2.17. The van der Waals surface area contributed by atoms with Crippen LogP contribution in [0.25, 0.3) is 0 Å². The summed E-state index contributed by atoms with van der Waals surface area (Å²) in [5.74, 6) is -0.567. The normalized spacial score (nSPS) is 14.4. The first kappa shape index (κ1) is 13.6. The molecule has 2 atom stereocenters. The fourth-order valence-electron chi connectivity index (χ4n) is 1.37. The Hall–Kier alpha value is -1.43. The molecule has 0 fully saturated rings. The fraction of sp³-hybridized carbons (Fsp3) is 0.417. The zero-order valence-electron chi connectivity index (χ0n) is 10.4. The first-order valence-corrected chi connectivity index (χ1v) is 5.46. The monoisotopic (exact) mass is 237 g/mol. The van der Waals surface area contributed by atoms with Crippen molar-refractivity contribution in [1.29, 1.82) is 0 Å². The molecule has 94 valence electrons. The standard InChI is InChI=1S/C12H19N3O2/c1-9(10-7-5-4-6-8-10)11(13)12(16)17-14-15(2)3/h4-9,11,14H,13H2,1-3H3/t9?,11-/m1/s1. The molecule has 3 N–H and O–H groups in total. The number of nitrogens with zero attached hydrogens (tertiary/aromatic N) is 1. The van der Waals surface area contributed by atoms with Crippen LogP contribution in [-0.2, 0) is 9.63 Å². The Morgan fingerprint density at radius 1 is 1.35 bits per heavy atom. The van der Waals surface area contributed by atoms with Gasteiger partial charge in [-0.2, -0.15) is 0 Å². The summed E-state index contributed by atoms with van der Waals surface area (Å²) in [6, 6.07) is 8.95. The Balaban J connectivity index is 2.57. The number of carbonyl (C=O) groups is 1. The van der Waals surface area contributed by atoms with Crippen molar-refractivity contribution in [2.24, 2.45) is 5.73 Å². The van der Waals surface area contributed by atoms with E-state index in [9.17, 15) is 4.79 Å². The van der Waals surface area contributed by atoms with E-state index in [2.05, 4.69) is 5.59 Å². The van der Waals surface area contributed by atoms with E-state index in [0.29, 0.717) is 0 Å². The summed E-state index contributed by atoms with van der Waals surface area (Å²) in [5, 5.41) is 1.53. The topological polar surface area (TPSA) is 67.6 Å². The predicted molar refractivity (Wildman–Crippen MR) is 65.7 cm³/mol. The number of nitrogens with one attached hydrogen (secondary N) is 1. The van der Waals surface area contributed by atoms with Gasteiger partial charge in [0.2, 0.25) is 0 Å². The van der Waals surface area contributed by atoms with Gasteiger partial charge in [-0.25, -0.2) is 9.80 Å². The molecule has 5 nitrogen and oxygen atoms in total. The van der Waals surface area contributed by atoms with Crippen molar-refractivity contribution in [2.45, 2.75) is 18.9 Å². The van der Waals surface area contributed by atoms with Crippen molar-refractivity contribution in [3.8, 4) is 0 Å². The Labute approximate surface area is 101 Å². The van der Waals surface area contributed by atoms with Crippen molar-refractivity contribution >= 4 is 5.97 Å². The second-order valence-corrected chi connectivity index (χ2v) is 4.13. The van der Waals surface area contributed by atoms with Gasteiger partial charge in [-0.1, -0.05) is 42.8 Å². The zero-order valence-corrected chi connectivity index (χ0v) is 10.4. The lowest BCUT2D eigenvalue weighted by molar-refractivity contribution is -0.164. The van der Waals surface area contributed by atoms with E-state index in [-0.39, 0.29) is 5.92 Å². The molecule has 1 aromatic rings. The summed E-state index contributed by atoms with van der Waals surface area (Å²) in [5.41, 5.74) is 9.30. The third-order valence-electron chi connectivity index (χ3n) is 2.47. The average Bonchev–Trinajstić information content (AvgIpc) is 2.35. The highest BCUT2D eigenvalue weighted by atomic mass is 16.7. The molecule has 0 aliphatic carbocycles. The minimum atomic E-state index is -0.690. The summed E-state index contributed by atoms with van der Waals surface area (Å²) < 4.78 is 0. The average molecular weight is 237 g/mol. The summed E-state index contributed by atoms with van der Waals surface area (Å²) in [6.07, 6.45) is 0. The van der Waals surface area contributed by atoms with Crippen LogP contribution in [0.5, 0.6) is 0 Å². The van der Waals surface area contributed by atoms with Crippen LogP contribution in [-0.4, -0.2) is 31.1 Å². The number of hydrogen-bond donors (Lipinski definition) is 2. The van der Waals surface area contributed by atoms with E-state index in [0.717, 1.165) is 5.56 Å². The van der Waals surface area contributed by atoms with Gasteiger partial charge in [-0.05, 0) is 5.56 Å². The Kier molecular flexibility index (Phi) is 5.09. The third kappa shape index (κ3) is 4.14. The van der Waals surface area contributed by atoms with Gasteiger partial charge in [0.1, 0.15) is 6.04 Å². The molecule has 0 aliphatic rings. The molecule has 17 heavy (non-hydrogen) atoms. The summed E-state index contributed by atoms with van der Waals surface area (Å²) in [7, 11) is 3.44. The van der Waals surface area contributed by atoms with Gasteiger partial charge in [0.15, 0.2) is 0 Å². The van der Waals surface area contributed by atoms with Gasteiger partial charge in [-0.15, -0.1) is 0 Å². The smallest absolute Gasteiger partial charge is 0.343 e. The van der Waals surface area contributed by atoms with E-state index >= 15 is 0 Å². The zero-order chi connectivity index (χ0) is 12.8. The molecular weight excluding hydrogens is 218 g/mol. The van der Waals surface area contributed by atoms with Crippen LogP contribution in [0.3, 0.4) is 0 Å². The van der Waals surface area contributed by atoms with Crippen molar-refractivity contribution < 1.29 is 9.63 Å². The highest BCUT2D eigenvalue weighted by Gasteiger charge is 2.23. The molecule has 1 rings (SSSR count). The molecule has 0 saturated heterocycles. The molecule has 0 radical (unpaired) electrons. The lowest BCUT2D eigenvalue weighted by atomic mass is 9.94. The predicted octanol–water partition coefficient (Wildman–Crippen LogP) is 0.642. The number of benzene rings is 1. The number of nitrogens with two attached hydrogens (primary N) is 1. The molecule has 5 heteroatoms. The minimum Gasteiger partial charge on any atom is -0.354 e. The van der Waals surface area contributed by atoms with E-state index in [1.54, 1.807) is 14.1 Å². The quantitative estimate of drug-likeness (QED) is 0.736. The Morgan fingerprint density at radius 3 is 2.47 bits per heavy atom.